The summed E-state index contributed by atoms with van der Waals surface area (Å²) in [6.07, 6.45) is 0.476. The number of benzene rings is 2. The molecule has 1 N–H and O–H groups in total. The molecule has 0 aromatic heterocycles. The molecule has 23 heavy (non-hydrogen) atoms. The van der Waals surface area contributed by atoms with Gasteiger partial charge in [-0.25, -0.2) is 4.39 Å². The molecule has 0 aliphatic rings. The van der Waals surface area contributed by atoms with Crippen LogP contribution in [-0.4, -0.2) is 17.7 Å². The zero-order valence-corrected chi connectivity index (χ0v) is 12.9. The van der Waals surface area contributed by atoms with Gasteiger partial charge in [-0.15, -0.1) is 0 Å². The Morgan fingerprint density at radius 2 is 1.91 bits per heavy atom. The minimum Gasteiger partial charge on any atom is -0.490 e. The van der Waals surface area contributed by atoms with Crippen LogP contribution in [0.15, 0.2) is 42.5 Å². The first-order valence-electron chi connectivity index (χ1n) is 7.44. The predicted molar refractivity (Wildman–Crippen MR) is 84.3 cm³/mol. The lowest BCUT2D eigenvalue weighted by molar-refractivity contribution is -0.136. The smallest absolute Gasteiger partial charge is 0.303 e. The number of hydrogen-bond acceptors (Lipinski definition) is 3. The molecule has 0 amide bonds. The molecule has 5 heteroatoms. The number of halogens is 1. The van der Waals surface area contributed by atoms with Crippen molar-refractivity contribution in [3.05, 3.63) is 59.4 Å². The van der Waals surface area contributed by atoms with Crippen molar-refractivity contribution < 1.29 is 23.8 Å². The Morgan fingerprint density at radius 3 is 2.61 bits per heavy atom. The highest BCUT2D eigenvalue weighted by atomic mass is 19.1. The van der Waals surface area contributed by atoms with E-state index in [0.717, 1.165) is 5.56 Å². The lowest BCUT2D eigenvalue weighted by atomic mass is 10.1. The van der Waals surface area contributed by atoms with Gasteiger partial charge < -0.3 is 14.6 Å². The Labute approximate surface area is 134 Å². The highest BCUT2D eigenvalue weighted by Gasteiger charge is 2.09. The van der Waals surface area contributed by atoms with E-state index < -0.39 is 5.97 Å². The van der Waals surface area contributed by atoms with Crippen LogP contribution in [-0.2, 0) is 17.8 Å². The van der Waals surface area contributed by atoms with E-state index in [1.165, 1.54) is 6.07 Å². The van der Waals surface area contributed by atoms with Crippen LogP contribution in [0.25, 0.3) is 0 Å². The molecule has 4 nitrogen and oxygen atoms in total. The maximum atomic E-state index is 13.6. The second-order valence-electron chi connectivity index (χ2n) is 4.99. The van der Waals surface area contributed by atoms with E-state index in [4.69, 9.17) is 14.6 Å². The highest BCUT2D eigenvalue weighted by Crippen LogP contribution is 2.30. The van der Waals surface area contributed by atoms with Gasteiger partial charge in [0, 0.05) is 12.0 Å². The van der Waals surface area contributed by atoms with Crippen molar-refractivity contribution in [3.8, 4) is 11.5 Å². The van der Waals surface area contributed by atoms with Crippen LogP contribution in [0.4, 0.5) is 4.39 Å². The second-order valence-corrected chi connectivity index (χ2v) is 4.99. The summed E-state index contributed by atoms with van der Waals surface area (Å²) >= 11 is 0. The second kappa shape index (κ2) is 8.17. The number of hydrogen-bond donors (Lipinski definition) is 1. The van der Waals surface area contributed by atoms with Crippen LogP contribution < -0.4 is 9.47 Å². The van der Waals surface area contributed by atoms with Gasteiger partial charge in [-0.1, -0.05) is 24.3 Å². The molecule has 2 aromatic carbocycles. The van der Waals surface area contributed by atoms with Crippen molar-refractivity contribution >= 4 is 5.97 Å². The van der Waals surface area contributed by atoms with Gasteiger partial charge in [0.2, 0.25) is 0 Å². The van der Waals surface area contributed by atoms with Crippen molar-refractivity contribution in [2.45, 2.75) is 26.4 Å². The third-order valence-electron chi connectivity index (χ3n) is 3.28. The first-order valence-corrected chi connectivity index (χ1v) is 7.44. The monoisotopic (exact) mass is 318 g/mol. The zero-order valence-electron chi connectivity index (χ0n) is 12.9. The number of carboxylic acids is 1. The van der Waals surface area contributed by atoms with Crippen molar-refractivity contribution in [2.75, 3.05) is 6.61 Å². The number of carboxylic acid groups (broad SMARTS) is 1. The number of aliphatic carboxylic acids is 1. The third-order valence-corrected chi connectivity index (χ3v) is 3.28. The topological polar surface area (TPSA) is 55.8 Å². The minimum atomic E-state index is -0.845. The fourth-order valence-electron chi connectivity index (χ4n) is 2.12. The summed E-state index contributed by atoms with van der Waals surface area (Å²) in [6, 6.07) is 11.7. The fourth-order valence-corrected chi connectivity index (χ4v) is 2.12. The minimum absolute atomic E-state index is 0.0565. The summed E-state index contributed by atoms with van der Waals surface area (Å²) < 4.78 is 24.8. The van der Waals surface area contributed by atoms with Crippen molar-refractivity contribution in [3.63, 3.8) is 0 Å². The lowest BCUT2D eigenvalue weighted by Crippen LogP contribution is -2.03. The number of aryl methyl sites for hydroxylation is 1. The average molecular weight is 318 g/mol. The van der Waals surface area contributed by atoms with Gasteiger partial charge in [0.05, 0.1) is 6.61 Å². The molecule has 122 valence electrons. The van der Waals surface area contributed by atoms with E-state index >= 15 is 0 Å². The molecule has 0 atom stereocenters. The highest BCUT2D eigenvalue weighted by molar-refractivity contribution is 5.67. The summed E-state index contributed by atoms with van der Waals surface area (Å²) in [5.41, 5.74) is 1.32. The first kappa shape index (κ1) is 16.8. The van der Waals surface area contributed by atoms with Crippen LogP contribution in [0.1, 0.15) is 24.5 Å². The fraction of sp³-hybridized carbons (Fsp3) is 0.278. The molecule has 0 heterocycles. The van der Waals surface area contributed by atoms with Crippen LogP contribution in [0.2, 0.25) is 0 Å². The number of carbonyl (C=O) groups is 1. The summed E-state index contributed by atoms with van der Waals surface area (Å²) in [4.78, 5) is 10.7. The maximum Gasteiger partial charge on any atom is 0.303 e. The van der Waals surface area contributed by atoms with Gasteiger partial charge in [0.1, 0.15) is 12.4 Å². The lowest BCUT2D eigenvalue weighted by Gasteiger charge is -2.13. The normalized spacial score (nSPS) is 10.3. The van der Waals surface area contributed by atoms with Crippen molar-refractivity contribution in [1.29, 1.82) is 0 Å². The standard InChI is InChI=1S/C18H19FO4/c1-2-22-17-11-13(8-10-18(20)21)7-9-16(17)23-12-14-5-3-4-6-15(14)19/h3-7,9,11H,2,8,10,12H2,1H3,(H,20,21). The molecule has 0 saturated carbocycles. The molecular formula is C18H19FO4. The molecule has 0 radical (unpaired) electrons. The largest absolute Gasteiger partial charge is 0.490 e. The van der Waals surface area contributed by atoms with E-state index in [-0.39, 0.29) is 18.8 Å². The van der Waals surface area contributed by atoms with Crippen molar-refractivity contribution in [2.24, 2.45) is 0 Å². The molecule has 0 bridgehead atoms. The Hall–Kier alpha value is -2.56. The van der Waals surface area contributed by atoms with Gasteiger partial charge in [0.25, 0.3) is 0 Å². The molecular weight excluding hydrogens is 299 g/mol. The summed E-state index contributed by atoms with van der Waals surface area (Å²) in [6.45, 7) is 2.41. The van der Waals surface area contributed by atoms with Gasteiger partial charge >= 0.3 is 5.97 Å². The molecule has 0 fully saturated rings. The Bertz CT molecular complexity index is 670. The Balaban J connectivity index is 2.10. The molecule has 0 aliphatic heterocycles. The predicted octanol–water partition coefficient (Wildman–Crippen LogP) is 3.82. The molecule has 0 saturated heterocycles. The number of rotatable bonds is 8. The summed E-state index contributed by atoms with van der Waals surface area (Å²) in [5.74, 6) is -0.118. The van der Waals surface area contributed by atoms with Crippen molar-refractivity contribution in [1.82, 2.24) is 0 Å². The zero-order chi connectivity index (χ0) is 16.7. The molecule has 0 spiro atoms. The van der Waals surface area contributed by atoms with Gasteiger partial charge in [-0.05, 0) is 37.1 Å². The van der Waals surface area contributed by atoms with E-state index in [1.807, 2.05) is 6.92 Å². The average Bonchev–Trinajstić information content (AvgIpc) is 2.53. The Morgan fingerprint density at radius 1 is 1.13 bits per heavy atom. The number of ether oxygens (including phenoxy) is 2. The maximum absolute atomic E-state index is 13.6. The van der Waals surface area contributed by atoms with E-state index in [2.05, 4.69) is 0 Å². The molecule has 2 aromatic rings. The van der Waals surface area contributed by atoms with Crippen LogP contribution in [0, 0.1) is 5.82 Å². The van der Waals surface area contributed by atoms with Crippen LogP contribution in [0.5, 0.6) is 11.5 Å². The Kier molecular flexibility index (Phi) is 5.97. The van der Waals surface area contributed by atoms with Gasteiger partial charge in [-0.3, -0.25) is 4.79 Å². The quantitative estimate of drug-likeness (QED) is 0.804. The summed E-state index contributed by atoms with van der Waals surface area (Å²) in [7, 11) is 0. The van der Waals surface area contributed by atoms with Gasteiger partial charge in [0.15, 0.2) is 11.5 Å². The molecule has 0 aliphatic carbocycles. The molecule has 2 rings (SSSR count). The first-order chi connectivity index (χ1) is 11.1. The van der Waals surface area contributed by atoms with E-state index in [9.17, 15) is 9.18 Å². The third kappa shape index (κ3) is 4.98. The van der Waals surface area contributed by atoms with E-state index in [1.54, 1.807) is 36.4 Å². The van der Waals surface area contributed by atoms with Crippen LogP contribution >= 0.6 is 0 Å². The van der Waals surface area contributed by atoms with E-state index in [0.29, 0.717) is 30.1 Å². The van der Waals surface area contributed by atoms with Crippen LogP contribution in [0.3, 0.4) is 0 Å². The SMILES string of the molecule is CCOc1cc(CCC(=O)O)ccc1OCc1ccccc1F. The molecule has 0 unspecified atom stereocenters. The summed E-state index contributed by atoms with van der Waals surface area (Å²) in [5, 5.41) is 8.75. The van der Waals surface area contributed by atoms with Gasteiger partial charge in [-0.2, -0.15) is 0 Å².